The van der Waals surface area contributed by atoms with Gasteiger partial charge >= 0.3 is 0 Å². The van der Waals surface area contributed by atoms with E-state index in [4.69, 9.17) is 4.52 Å². The van der Waals surface area contributed by atoms with Crippen LogP contribution < -0.4 is 4.90 Å². The van der Waals surface area contributed by atoms with Gasteiger partial charge in [0.15, 0.2) is 0 Å². The van der Waals surface area contributed by atoms with Crippen LogP contribution in [0.4, 0.5) is 18.9 Å². The van der Waals surface area contributed by atoms with Crippen LogP contribution in [0.1, 0.15) is 18.2 Å². The summed E-state index contributed by atoms with van der Waals surface area (Å²) in [5.74, 6) is -2.11. The van der Waals surface area contributed by atoms with Crippen molar-refractivity contribution in [2.75, 3.05) is 11.4 Å². The molecule has 4 rings (SSSR count). The second-order valence-corrected chi connectivity index (χ2v) is 5.96. The van der Waals surface area contributed by atoms with Gasteiger partial charge in [0.25, 0.3) is 0 Å². The molecule has 3 aromatic rings. The van der Waals surface area contributed by atoms with E-state index in [0.717, 1.165) is 12.1 Å². The van der Waals surface area contributed by atoms with Gasteiger partial charge in [-0.1, -0.05) is 5.16 Å². The highest BCUT2D eigenvalue weighted by Gasteiger charge is 2.36. The normalized spacial score (nSPS) is 17.1. The number of carbonyl (C=O) groups excluding carboxylic acids is 1. The van der Waals surface area contributed by atoms with Crippen molar-refractivity contribution in [2.24, 2.45) is 0 Å². The Morgan fingerprint density at radius 3 is 2.50 bits per heavy atom. The van der Waals surface area contributed by atoms with Gasteiger partial charge < -0.3 is 9.42 Å². The average molecular weight is 359 g/mol. The lowest BCUT2D eigenvalue weighted by molar-refractivity contribution is -0.117. The van der Waals surface area contributed by atoms with Crippen LogP contribution in [0.5, 0.6) is 0 Å². The molecular weight excluding hydrogens is 347 g/mol. The van der Waals surface area contributed by atoms with E-state index in [1.807, 2.05) is 0 Å². The maximum atomic E-state index is 13.9. The molecule has 5 nitrogen and oxygen atoms in total. The maximum absolute atomic E-state index is 13.9. The van der Waals surface area contributed by atoms with Crippen molar-refractivity contribution in [1.29, 1.82) is 0 Å². The second kappa shape index (κ2) is 6.29. The summed E-state index contributed by atoms with van der Waals surface area (Å²) in [4.78, 5) is 17.7. The number of amides is 1. The van der Waals surface area contributed by atoms with E-state index in [1.54, 1.807) is 0 Å². The third-order valence-corrected chi connectivity index (χ3v) is 4.22. The molecule has 2 heterocycles. The Hall–Kier alpha value is -3.16. The summed E-state index contributed by atoms with van der Waals surface area (Å²) >= 11 is 0. The zero-order valence-corrected chi connectivity index (χ0v) is 13.3. The summed E-state index contributed by atoms with van der Waals surface area (Å²) in [6, 6.07) is 8.65. The summed E-state index contributed by atoms with van der Waals surface area (Å²) in [5.41, 5.74) is 0.587. The fourth-order valence-electron chi connectivity index (χ4n) is 2.92. The maximum Gasteiger partial charge on any atom is 0.232 e. The molecule has 2 aromatic carbocycles. The van der Waals surface area contributed by atoms with E-state index in [-0.39, 0.29) is 42.1 Å². The lowest BCUT2D eigenvalue weighted by Gasteiger charge is -2.16. The number of benzene rings is 2. The van der Waals surface area contributed by atoms with E-state index in [9.17, 15) is 18.0 Å². The van der Waals surface area contributed by atoms with Gasteiger partial charge in [0.2, 0.25) is 17.6 Å². The number of halogens is 3. The number of hydrogen-bond donors (Lipinski definition) is 0. The Morgan fingerprint density at radius 1 is 1.04 bits per heavy atom. The Balaban J connectivity index is 1.56. The number of carbonyl (C=O) groups is 1. The van der Waals surface area contributed by atoms with E-state index in [0.29, 0.717) is 5.56 Å². The molecule has 1 aromatic heterocycles. The Bertz CT molecular complexity index is 972. The van der Waals surface area contributed by atoms with Gasteiger partial charge in [-0.3, -0.25) is 4.79 Å². The van der Waals surface area contributed by atoms with E-state index in [2.05, 4.69) is 10.1 Å². The van der Waals surface area contributed by atoms with Crippen LogP contribution in [0.2, 0.25) is 0 Å². The molecule has 0 saturated carbocycles. The lowest BCUT2D eigenvalue weighted by atomic mass is 10.1. The zero-order chi connectivity index (χ0) is 18.3. The smallest absolute Gasteiger partial charge is 0.232 e. The molecule has 1 fully saturated rings. The van der Waals surface area contributed by atoms with Gasteiger partial charge in [0.05, 0.1) is 11.6 Å². The highest BCUT2D eigenvalue weighted by Crippen LogP contribution is 2.33. The van der Waals surface area contributed by atoms with Crippen molar-refractivity contribution in [3.63, 3.8) is 0 Å². The monoisotopic (exact) mass is 359 g/mol. The van der Waals surface area contributed by atoms with Gasteiger partial charge in [-0.25, -0.2) is 13.2 Å². The molecule has 0 bridgehead atoms. The SMILES string of the molecule is O=C1CC(c2nc(-c3ccc(F)cc3)no2)CN1c1ccc(F)cc1F. The van der Waals surface area contributed by atoms with Crippen molar-refractivity contribution in [3.05, 3.63) is 65.8 Å². The molecule has 1 saturated heterocycles. The first kappa shape index (κ1) is 16.3. The Labute approximate surface area is 146 Å². The first-order valence-corrected chi connectivity index (χ1v) is 7.86. The second-order valence-electron chi connectivity index (χ2n) is 5.96. The van der Waals surface area contributed by atoms with Crippen molar-refractivity contribution in [2.45, 2.75) is 12.3 Å². The summed E-state index contributed by atoms with van der Waals surface area (Å²) in [6.07, 6.45) is 0.0713. The van der Waals surface area contributed by atoms with Crippen LogP contribution in [0.25, 0.3) is 11.4 Å². The summed E-state index contributed by atoms with van der Waals surface area (Å²) in [5, 5.41) is 3.85. The topological polar surface area (TPSA) is 59.2 Å². The molecule has 0 spiro atoms. The highest BCUT2D eigenvalue weighted by molar-refractivity contribution is 5.96. The molecule has 1 atom stereocenters. The molecule has 0 aliphatic carbocycles. The largest absolute Gasteiger partial charge is 0.339 e. The van der Waals surface area contributed by atoms with Crippen LogP contribution >= 0.6 is 0 Å². The molecule has 1 aliphatic heterocycles. The standard InChI is InChI=1S/C18H12F3N3O2/c19-12-3-1-10(2-4-12)17-22-18(26-23-17)11-7-16(25)24(9-11)15-6-5-13(20)8-14(15)21/h1-6,8,11H,7,9H2. The summed E-state index contributed by atoms with van der Waals surface area (Å²) in [6.45, 7) is 0.145. The van der Waals surface area contributed by atoms with E-state index < -0.39 is 17.6 Å². The van der Waals surface area contributed by atoms with Gasteiger partial charge in [-0.2, -0.15) is 4.98 Å². The number of rotatable bonds is 3. The van der Waals surface area contributed by atoms with Crippen LogP contribution in [0.15, 0.2) is 47.0 Å². The van der Waals surface area contributed by atoms with Crippen LogP contribution in [-0.2, 0) is 4.79 Å². The molecule has 1 aliphatic rings. The minimum absolute atomic E-state index is 0.0113. The fraction of sp³-hybridized carbons (Fsp3) is 0.167. The minimum atomic E-state index is -0.809. The molecular formula is C18H12F3N3O2. The Kier molecular flexibility index (Phi) is 3.95. The first-order valence-electron chi connectivity index (χ1n) is 7.86. The van der Waals surface area contributed by atoms with Crippen molar-refractivity contribution < 1.29 is 22.5 Å². The summed E-state index contributed by atoms with van der Waals surface area (Å²) in [7, 11) is 0. The predicted octanol–water partition coefficient (Wildman–Crippen LogP) is 3.67. The minimum Gasteiger partial charge on any atom is -0.339 e. The summed E-state index contributed by atoms with van der Waals surface area (Å²) < 4.78 is 45.2. The highest BCUT2D eigenvalue weighted by atomic mass is 19.1. The number of nitrogens with zero attached hydrogens (tertiary/aromatic N) is 3. The van der Waals surface area contributed by atoms with Gasteiger partial charge in [0.1, 0.15) is 17.5 Å². The van der Waals surface area contributed by atoms with Crippen molar-refractivity contribution in [3.8, 4) is 11.4 Å². The fourth-order valence-corrected chi connectivity index (χ4v) is 2.92. The molecule has 0 N–H and O–H groups in total. The lowest BCUT2D eigenvalue weighted by Crippen LogP contribution is -2.25. The third-order valence-electron chi connectivity index (χ3n) is 4.22. The Morgan fingerprint density at radius 2 is 1.77 bits per heavy atom. The van der Waals surface area contributed by atoms with Crippen LogP contribution in [-0.4, -0.2) is 22.6 Å². The first-order chi connectivity index (χ1) is 12.5. The number of aromatic nitrogens is 2. The van der Waals surface area contributed by atoms with Gasteiger partial charge in [0, 0.05) is 24.6 Å². The number of anilines is 1. The average Bonchev–Trinajstić information content (AvgIpc) is 3.23. The van der Waals surface area contributed by atoms with E-state index >= 15 is 0 Å². The molecule has 8 heteroatoms. The van der Waals surface area contributed by atoms with Crippen LogP contribution in [0.3, 0.4) is 0 Å². The predicted molar refractivity (Wildman–Crippen MR) is 85.8 cm³/mol. The van der Waals surface area contributed by atoms with E-state index in [1.165, 1.54) is 35.2 Å². The van der Waals surface area contributed by atoms with Crippen molar-refractivity contribution >= 4 is 11.6 Å². The van der Waals surface area contributed by atoms with Crippen molar-refractivity contribution in [1.82, 2.24) is 10.1 Å². The van der Waals surface area contributed by atoms with Gasteiger partial charge in [-0.15, -0.1) is 0 Å². The number of hydrogen-bond acceptors (Lipinski definition) is 4. The third kappa shape index (κ3) is 2.94. The molecule has 0 radical (unpaired) electrons. The quantitative estimate of drug-likeness (QED) is 0.716. The van der Waals surface area contributed by atoms with Crippen LogP contribution in [0, 0.1) is 17.5 Å². The molecule has 1 unspecified atom stereocenters. The molecule has 1 amide bonds. The van der Waals surface area contributed by atoms with Gasteiger partial charge in [-0.05, 0) is 36.4 Å². The zero-order valence-electron chi connectivity index (χ0n) is 13.3. The molecule has 132 valence electrons. The molecule has 26 heavy (non-hydrogen) atoms.